The zero-order valence-corrected chi connectivity index (χ0v) is 13.2. The minimum Gasteiger partial charge on any atom is -0.387 e. The van der Waals surface area contributed by atoms with Crippen LogP contribution in [0.15, 0.2) is 54.6 Å². The van der Waals surface area contributed by atoms with Gasteiger partial charge in [0.1, 0.15) is 0 Å². The smallest absolute Gasteiger partial charge is 0.0991 e. The zero-order valence-electron chi connectivity index (χ0n) is 13.2. The maximum Gasteiger partial charge on any atom is 0.0991 e. The highest BCUT2D eigenvalue weighted by Gasteiger charge is 2.22. The highest BCUT2D eigenvalue weighted by molar-refractivity contribution is 5.46. The van der Waals surface area contributed by atoms with E-state index >= 15 is 0 Å². The number of benzene rings is 2. The molecule has 1 N–H and O–H groups in total. The predicted molar refractivity (Wildman–Crippen MR) is 92.1 cm³/mol. The lowest BCUT2D eigenvalue weighted by molar-refractivity contribution is 0.179. The Morgan fingerprint density at radius 3 is 2.35 bits per heavy atom. The Bertz CT molecular complexity index is 656. The number of hydrogen-bond donors (Lipinski definition) is 1. The van der Waals surface area contributed by atoms with Crippen LogP contribution in [0.4, 0.5) is 5.69 Å². The molecule has 0 spiro atoms. The largest absolute Gasteiger partial charge is 0.387 e. The van der Waals surface area contributed by atoms with E-state index in [1.165, 1.54) is 19.3 Å². The van der Waals surface area contributed by atoms with E-state index in [0.29, 0.717) is 12.1 Å². The normalized spacial score (nSPS) is 15.5. The lowest BCUT2D eigenvalue weighted by Gasteiger charge is -2.35. The molecule has 0 radical (unpaired) electrons. The van der Waals surface area contributed by atoms with E-state index in [1.54, 1.807) is 12.1 Å². The van der Waals surface area contributed by atoms with Gasteiger partial charge in [0.25, 0.3) is 0 Å². The second-order valence-corrected chi connectivity index (χ2v) is 6.29. The molecule has 0 amide bonds. The first-order chi connectivity index (χ1) is 11.3. The monoisotopic (exact) mass is 306 g/mol. The molecule has 3 rings (SSSR count). The number of aliphatic hydroxyl groups is 1. The Labute approximate surface area is 137 Å². The second kappa shape index (κ2) is 7.30. The van der Waals surface area contributed by atoms with Gasteiger partial charge in [-0.15, -0.1) is 0 Å². The first-order valence-corrected chi connectivity index (χ1v) is 8.24. The first kappa shape index (κ1) is 15.6. The molecular weight excluding hydrogens is 284 g/mol. The van der Waals surface area contributed by atoms with E-state index in [1.807, 2.05) is 30.3 Å². The SMILES string of the molecule is N#Cc1ccc([C@@H](O)CN(CC2CCC2)c2ccccc2)cc1. The van der Waals surface area contributed by atoms with Crippen LogP contribution in [-0.2, 0) is 0 Å². The third-order valence-corrected chi connectivity index (χ3v) is 4.64. The summed E-state index contributed by atoms with van der Waals surface area (Å²) in [6.45, 7) is 1.57. The zero-order chi connectivity index (χ0) is 16.1. The summed E-state index contributed by atoms with van der Waals surface area (Å²) in [5, 5.41) is 19.5. The molecule has 1 atom stereocenters. The molecule has 0 heterocycles. The maximum absolute atomic E-state index is 10.6. The van der Waals surface area contributed by atoms with Crippen LogP contribution in [0.1, 0.15) is 36.5 Å². The lowest BCUT2D eigenvalue weighted by Crippen LogP contribution is -2.35. The molecule has 1 fully saturated rings. The Kier molecular flexibility index (Phi) is 4.95. The van der Waals surface area contributed by atoms with Crippen molar-refractivity contribution in [2.45, 2.75) is 25.4 Å². The quantitative estimate of drug-likeness (QED) is 0.880. The van der Waals surface area contributed by atoms with Crippen LogP contribution >= 0.6 is 0 Å². The molecule has 0 bridgehead atoms. The molecule has 0 saturated heterocycles. The molecule has 2 aromatic rings. The number of anilines is 1. The third kappa shape index (κ3) is 3.91. The van der Waals surface area contributed by atoms with Crippen molar-refractivity contribution in [2.24, 2.45) is 5.92 Å². The molecule has 3 nitrogen and oxygen atoms in total. The van der Waals surface area contributed by atoms with Gasteiger partial charge in [0.05, 0.1) is 17.7 Å². The Morgan fingerprint density at radius 1 is 1.09 bits per heavy atom. The summed E-state index contributed by atoms with van der Waals surface area (Å²) in [5.74, 6) is 0.739. The number of hydrogen-bond acceptors (Lipinski definition) is 3. The molecule has 0 aromatic heterocycles. The number of rotatable bonds is 6. The Balaban J connectivity index is 1.72. The van der Waals surface area contributed by atoms with E-state index in [9.17, 15) is 5.11 Å². The van der Waals surface area contributed by atoms with Gasteiger partial charge in [-0.2, -0.15) is 5.26 Å². The van der Waals surface area contributed by atoms with Crippen molar-refractivity contribution >= 4 is 5.69 Å². The molecule has 3 heteroatoms. The minimum atomic E-state index is -0.553. The van der Waals surface area contributed by atoms with Gasteiger partial charge in [0.2, 0.25) is 0 Å². The molecule has 23 heavy (non-hydrogen) atoms. The number of nitrogens with zero attached hydrogens (tertiary/aromatic N) is 2. The molecule has 0 unspecified atom stereocenters. The van der Waals surface area contributed by atoms with Crippen molar-refractivity contribution < 1.29 is 5.11 Å². The Hall–Kier alpha value is -2.31. The van der Waals surface area contributed by atoms with Crippen LogP contribution in [-0.4, -0.2) is 18.2 Å². The average Bonchev–Trinajstić information content (AvgIpc) is 2.57. The van der Waals surface area contributed by atoms with Crippen molar-refractivity contribution in [1.29, 1.82) is 5.26 Å². The molecular formula is C20H22N2O. The fourth-order valence-corrected chi connectivity index (χ4v) is 3.01. The molecule has 2 aromatic carbocycles. The fraction of sp³-hybridized carbons (Fsp3) is 0.350. The summed E-state index contributed by atoms with van der Waals surface area (Å²) in [6.07, 6.45) is 3.35. The standard InChI is InChI=1S/C20H22N2O/c21-13-16-9-11-18(12-10-16)20(23)15-22(14-17-5-4-6-17)19-7-2-1-3-8-19/h1-3,7-12,17,20,23H,4-6,14-15H2/t20-/m0/s1. The van der Waals surface area contributed by atoms with E-state index < -0.39 is 6.10 Å². The molecule has 1 saturated carbocycles. The fourth-order valence-electron chi connectivity index (χ4n) is 3.01. The lowest BCUT2D eigenvalue weighted by atomic mass is 9.85. The predicted octanol–water partition coefficient (Wildman–Crippen LogP) is 3.90. The van der Waals surface area contributed by atoms with Crippen molar-refractivity contribution in [3.63, 3.8) is 0 Å². The maximum atomic E-state index is 10.6. The second-order valence-electron chi connectivity index (χ2n) is 6.29. The van der Waals surface area contributed by atoms with E-state index in [4.69, 9.17) is 5.26 Å². The molecule has 0 aliphatic heterocycles. The van der Waals surface area contributed by atoms with Gasteiger partial charge in [-0.1, -0.05) is 36.8 Å². The van der Waals surface area contributed by atoms with Crippen LogP contribution in [0.5, 0.6) is 0 Å². The summed E-state index contributed by atoms with van der Waals surface area (Å²) >= 11 is 0. The summed E-state index contributed by atoms with van der Waals surface area (Å²) in [7, 11) is 0. The van der Waals surface area contributed by atoms with Gasteiger partial charge in [-0.25, -0.2) is 0 Å². The summed E-state index contributed by atoms with van der Waals surface area (Å²) in [5.41, 5.74) is 2.64. The van der Waals surface area contributed by atoms with Gasteiger partial charge in [0.15, 0.2) is 0 Å². The average molecular weight is 306 g/mol. The number of nitriles is 1. The summed E-state index contributed by atoms with van der Waals surface area (Å²) in [6, 6.07) is 19.6. The first-order valence-electron chi connectivity index (χ1n) is 8.24. The van der Waals surface area contributed by atoms with Gasteiger partial charge < -0.3 is 10.0 Å². The van der Waals surface area contributed by atoms with Gasteiger partial charge in [-0.3, -0.25) is 0 Å². The molecule has 1 aliphatic carbocycles. The van der Waals surface area contributed by atoms with Crippen molar-refractivity contribution in [1.82, 2.24) is 0 Å². The van der Waals surface area contributed by atoms with Crippen LogP contribution in [0.3, 0.4) is 0 Å². The number of para-hydroxylation sites is 1. The van der Waals surface area contributed by atoms with E-state index in [-0.39, 0.29) is 0 Å². The molecule has 118 valence electrons. The van der Waals surface area contributed by atoms with Gasteiger partial charge >= 0.3 is 0 Å². The van der Waals surface area contributed by atoms with Gasteiger partial charge in [-0.05, 0) is 48.6 Å². The van der Waals surface area contributed by atoms with Crippen molar-refractivity contribution in [2.75, 3.05) is 18.0 Å². The van der Waals surface area contributed by atoms with Crippen LogP contribution in [0, 0.1) is 17.2 Å². The van der Waals surface area contributed by atoms with E-state index in [0.717, 1.165) is 23.7 Å². The summed E-state index contributed by atoms with van der Waals surface area (Å²) in [4.78, 5) is 2.28. The highest BCUT2D eigenvalue weighted by Crippen LogP contribution is 2.30. The van der Waals surface area contributed by atoms with Crippen molar-refractivity contribution in [3.05, 3.63) is 65.7 Å². The van der Waals surface area contributed by atoms with E-state index in [2.05, 4.69) is 23.1 Å². The van der Waals surface area contributed by atoms with Crippen LogP contribution in [0.2, 0.25) is 0 Å². The van der Waals surface area contributed by atoms with Crippen LogP contribution < -0.4 is 4.90 Å². The topological polar surface area (TPSA) is 47.3 Å². The highest BCUT2D eigenvalue weighted by atomic mass is 16.3. The summed E-state index contributed by atoms with van der Waals surface area (Å²) < 4.78 is 0. The van der Waals surface area contributed by atoms with Crippen molar-refractivity contribution in [3.8, 4) is 6.07 Å². The molecule has 1 aliphatic rings. The third-order valence-electron chi connectivity index (χ3n) is 4.64. The van der Waals surface area contributed by atoms with Gasteiger partial charge in [0, 0.05) is 18.8 Å². The van der Waals surface area contributed by atoms with Crippen LogP contribution in [0.25, 0.3) is 0 Å². The minimum absolute atomic E-state index is 0.553. The Morgan fingerprint density at radius 2 is 1.78 bits per heavy atom. The number of aliphatic hydroxyl groups excluding tert-OH is 1.